The highest BCUT2D eigenvalue weighted by atomic mass is 19.1. The number of rotatable bonds is 7. The van der Waals surface area contributed by atoms with Crippen molar-refractivity contribution in [1.82, 2.24) is 0 Å². The van der Waals surface area contributed by atoms with Crippen LogP contribution in [0.5, 0.6) is 0 Å². The Bertz CT molecular complexity index is 491. The van der Waals surface area contributed by atoms with Crippen molar-refractivity contribution in [2.75, 3.05) is 18.9 Å². The Morgan fingerprint density at radius 2 is 2.10 bits per heavy atom. The number of ether oxygens (including phenoxy) is 1. The number of halogens is 1. The standard InChI is InChI=1S/C16H25FN2O2/c1-4-21-15(20)16(10-18,8-11(2)3)9-12-7-13(17)5-6-14(12)19/h5-7,11H,4,8-10,18-19H2,1-3H3. The Labute approximate surface area is 125 Å². The lowest BCUT2D eigenvalue weighted by Crippen LogP contribution is -2.43. The van der Waals surface area contributed by atoms with E-state index in [9.17, 15) is 9.18 Å². The summed E-state index contributed by atoms with van der Waals surface area (Å²) in [4.78, 5) is 12.4. The largest absolute Gasteiger partial charge is 0.466 e. The van der Waals surface area contributed by atoms with E-state index in [1.54, 1.807) is 6.92 Å². The summed E-state index contributed by atoms with van der Waals surface area (Å²) in [7, 11) is 0. The van der Waals surface area contributed by atoms with E-state index in [4.69, 9.17) is 16.2 Å². The Morgan fingerprint density at radius 1 is 1.43 bits per heavy atom. The summed E-state index contributed by atoms with van der Waals surface area (Å²) < 4.78 is 18.6. The van der Waals surface area contributed by atoms with Crippen LogP contribution in [0.15, 0.2) is 18.2 Å². The minimum atomic E-state index is -0.869. The van der Waals surface area contributed by atoms with Crippen LogP contribution in [0.3, 0.4) is 0 Å². The molecule has 0 bridgehead atoms. The molecule has 0 aromatic heterocycles. The molecule has 4 nitrogen and oxygen atoms in total. The van der Waals surface area contributed by atoms with Crippen LogP contribution in [0, 0.1) is 17.2 Å². The van der Waals surface area contributed by atoms with Gasteiger partial charge in [-0.2, -0.15) is 0 Å². The van der Waals surface area contributed by atoms with E-state index < -0.39 is 5.41 Å². The summed E-state index contributed by atoms with van der Waals surface area (Å²) >= 11 is 0. The van der Waals surface area contributed by atoms with Crippen molar-refractivity contribution in [2.24, 2.45) is 17.1 Å². The molecule has 0 aliphatic rings. The number of carbonyl (C=O) groups excluding carboxylic acids is 1. The summed E-state index contributed by atoms with van der Waals surface area (Å²) in [5.41, 5.74) is 12.0. The van der Waals surface area contributed by atoms with Crippen LogP contribution in [0.25, 0.3) is 0 Å². The average molecular weight is 296 g/mol. The monoisotopic (exact) mass is 296 g/mol. The fourth-order valence-corrected chi connectivity index (χ4v) is 2.62. The summed E-state index contributed by atoms with van der Waals surface area (Å²) in [5, 5.41) is 0. The average Bonchev–Trinajstić information content (AvgIpc) is 2.41. The van der Waals surface area contributed by atoms with E-state index in [0.717, 1.165) is 0 Å². The minimum absolute atomic E-state index is 0.139. The van der Waals surface area contributed by atoms with Crippen molar-refractivity contribution >= 4 is 11.7 Å². The number of anilines is 1. The third-order valence-electron chi connectivity index (χ3n) is 3.53. The number of benzene rings is 1. The molecule has 0 radical (unpaired) electrons. The smallest absolute Gasteiger partial charge is 0.313 e. The number of nitrogens with two attached hydrogens (primary N) is 2. The molecule has 0 spiro atoms. The maximum atomic E-state index is 13.4. The van der Waals surface area contributed by atoms with Gasteiger partial charge in [0.1, 0.15) is 5.82 Å². The summed E-state index contributed by atoms with van der Waals surface area (Å²) in [5.74, 6) is -0.462. The Hall–Kier alpha value is -1.62. The molecule has 4 N–H and O–H groups in total. The molecule has 1 unspecified atom stereocenters. The Kier molecular flexibility index (Phi) is 6.15. The highest BCUT2D eigenvalue weighted by Crippen LogP contribution is 2.33. The zero-order chi connectivity index (χ0) is 16.0. The number of hydrogen-bond donors (Lipinski definition) is 2. The van der Waals surface area contributed by atoms with Gasteiger partial charge in [-0.1, -0.05) is 13.8 Å². The number of hydrogen-bond acceptors (Lipinski definition) is 4. The van der Waals surface area contributed by atoms with E-state index >= 15 is 0 Å². The number of nitrogen functional groups attached to an aromatic ring is 1. The molecule has 0 saturated carbocycles. The highest BCUT2D eigenvalue weighted by Gasteiger charge is 2.39. The molecule has 1 aromatic carbocycles. The van der Waals surface area contributed by atoms with Crippen LogP contribution in [0.1, 0.15) is 32.8 Å². The topological polar surface area (TPSA) is 78.3 Å². The molecule has 21 heavy (non-hydrogen) atoms. The molecule has 1 atom stereocenters. The van der Waals surface area contributed by atoms with Gasteiger partial charge in [0.15, 0.2) is 0 Å². The Balaban J connectivity index is 3.16. The molecule has 1 rings (SSSR count). The van der Waals surface area contributed by atoms with Gasteiger partial charge in [0.05, 0.1) is 12.0 Å². The zero-order valence-electron chi connectivity index (χ0n) is 13.0. The number of carbonyl (C=O) groups is 1. The molecule has 0 fully saturated rings. The van der Waals surface area contributed by atoms with E-state index in [2.05, 4.69) is 0 Å². The summed E-state index contributed by atoms with van der Waals surface area (Å²) in [6.07, 6.45) is 0.850. The van der Waals surface area contributed by atoms with Crippen LogP contribution in [0.4, 0.5) is 10.1 Å². The molecule has 118 valence electrons. The van der Waals surface area contributed by atoms with E-state index in [1.807, 2.05) is 13.8 Å². The maximum absolute atomic E-state index is 13.4. The normalized spacial score (nSPS) is 14.0. The summed E-state index contributed by atoms with van der Waals surface area (Å²) in [6, 6.07) is 4.17. The molecular formula is C16H25FN2O2. The van der Waals surface area contributed by atoms with Crippen molar-refractivity contribution in [3.8, 4) is 0 Å². The van der Waals surface area contributed by atoms with Crippen LogP contribution in [-0.2, 0) is 16.0 Å². The summed E-state index contributed by atoms with van der Waals surface area (Å²) in [6.45, 7) is 6.21. The second-order valence-electron chi connectivity index (χ2n) is 5.82. The fraction of sp³-hybridized carbons (Fsp3) is 0.562. The van der Waals surface area contributed by atoms with E-state index in [0.29, 0.717) is 17.7 Å². The lowest BCUT2D eigenvalue weighted by molar-refractivity contribution is -0.156. The minimum Gasteiger partial charge on any atom is -0.466 e. The first kappa shape index (κ1) is 17.4. The SMILES string of the molecule is CCOC(=O)C(CN)(Cc1cc(F)ccc1N)CC(C)C. The molecule has 5 heteroatoms. The van der Waals surface area contributed by atoms with Gasteiger partial charge in [-0.15, -0.1) is 0 Å². The molecule has 0 heterocycles. The van der Waals surface area contributed by atoms with Crippen molar-refractivity contribution in [3.05, 3.63) is 29.6 Å². The molecule has 0 aliphatic heterocycles. The molecule has 1 aromatic rings. The molecule has 0 saturated heterocycles. The van der Waals surface area contributed by atoms with Crippen molar-refractivity contribution in [3.63, 3.8) is 0 Å². The first-order chi connectivity index (χ1) is 9.84. The lowest BCUT2D eigenvalue weighted by atomic mass is 9.75. The van der Waals surface area contributed by atoms with Gasteiger partial charge in [-0.25, -0.2) is 4.39 Å². The third-order valence-corrected chi connectivity index (χ3v) is 3.53. The molecule has 0 amide bonds. The first-order valence-corrected chi connectivity index (χ1v) is 7.26. The van der Waals surface area contributed by atoms with Gasteiger partial charge < -0.3 is 16.2 Å². The van der Waals surface area contributed by atoms with Crippen LogP contribution < -0.4 is 11.5 Å². The number of esters is 1. The Morgan fingerprint density at radius 3 is 2.62 bits per heavy atom. The zero-order valence-corrected chi connectivity index (χ0v) is 13.0. The van der Waals surface area contributed by atoms with Gasteiger partial charge in [0, 0.05) is 12.2 Å². The molecular weight excluding hydrogens is 271 g/mol. The van der Waals surface area contributed by atoms with E-state index in [-0.39, 0.29) is 37.3 Å². The van der Waals surface area contributed by atoms with E-state index in [1.165, 1.54) is 18.2 Å². The maximum Gasteiger partial charge on any atom is 0.313 e. The fourth-order valence-electron chi connectivity index (χ4n) is 2.62. The van der Waals surface area contributed by atoms with Crippen LogP contribution in [0.2, 0.25) is 0 Å². The van der Waals surface area contributed by atoms with Crippen LogP contribution in [-0.4, -0.2) is 19.1 Å². The first-order valence-electron chi connectivity index (χ1n) is 7.26. The lowest BCUT2D eigenvalue weighted by Gasteiger charge is -2.32. The second-order valence-corrected chi connectivity index (χ2v) is 5.82. The van der Waals surface area contributed by atoms with Gasteiger partial charge in [-0.3, -0.25) is 4.79 Å². The second kappa shape index (κ2) is 7.41. The predicted molar refractivity (Wildman–Crippen MR) is 82.1 cm³/mol. The van der Waals surface area contributed by atoms with Crippen LogP contribution >= 0.6 is 0 Å². The van der Waals surface area contributed by atoms with Gasteiger partial charge in [-0.05, 0) is 49.4 Å². The quantitative estimate of drug-likeness (QED) is 0.598. The van der Waals surface area contributed by atoms with Crippen molar-refractivity contribution < 1.29 is 13.9 Å². The predicted octanol–water partition coefficient (Wildman–Crippen LogP) is 2.50. The van der Waals surface area contributed by atoms with Crippen molar-refractivity contribution in [1.29, 1.82) is 0 Å². The molecule has 0 aliphatic carbocycles. The van der Waals surface area contributed by atoms with Gasteiger partial charge in [0.25, 0.3) is 0 Å². The highest BCUT2D eigenvalue weighted by molar-refractivity contribution is 5.78. The van der Waals surface area contributed by atoms with Crippen molar-refractivity contribution in [2.45, 2.75) is 33.6 Å². The third kappa shape index (κ3) is 4.43. The van der Waals surface area contributed by atoms with Gasteiger partial charge in [0.2, 0.25) is 0 Å². The van der Waals surface area contributed by atoms with Gasteiger partial charge >= 0.3 is 5.97 Å².